The van der Waals surface area contributed by atoms with Gasteiger partial charge in [-0.15, -0.1) is 0 Å². The van der Waals surface area contributed by atoms with E-state index in [1.54, 1.807) is 0 Å². The van der Waals surface area contributed by atoms with E-state index in [0.717, 1.165) is 27.4 Å². The Hall–Kier alpha value is -1.06. The summed E-state index contributed by atoms with van der Waals surface area (Å²) in [5.41, 5.74) is 2.29. The molecule has 2 rings (SSSR count). The SMILES string of the molecule is CCOP(=O)(OCC)Sc1ccc(-c2ccccc2)cc1. The maximum absolute atomic E-state index is 12.5. The van der Waals surface area contributed by atoms with Crippen LogP contribution in [-0.4, -0.2) is 13.2 Å². The summed E-state index contributed by atoms with van der Waals surface area (Å²) in [6, 6.07) is 18.1. The van der Waals surface area contributed by atoms with Gasteiger partial charge in [-0.05, 0) is 48.5 Å². The first-order valence-electron chi connectivity index (χ1n) is 6.91. The minimum absolute atomic E-state index is 0.367. The lowest BCUT2D eigenvalue weighted by Gasteiger charge is -2.15. The Kier molecular flexibility index (Phi) is 6.07. The third-order valence-corrected chi connectivity index (χ3v) is 6.54. The molecule has 5 heteroatoms. The fourth-order valence-corrected chi connectivity index (χ4v) is 5.29. The summed E-state index contributed by atoms with van der Waals surface area (Å²) < 4.78 is 23.0. The summed E-state index contributed by atoms with van der Waals surface area (Å²) in [6.07, 6.45) is 0. The van der Waals surface area contributed by atoms with Gasteiger partial charge < -0.3 is 9.05 Å². The molecule has 0 aliphatic carbocycles. The standard InChI is InChI=1S/C16H19O3PS/c1-3-18-20(17,19-4-2)21-16-12-10-15(11-13-16)14-8-6-5-7-9-14/h5-13H,3-4H2,1-2H3. The minimum Gasteiger partial charge on any atom is -0.301 e. The van der Waals surface area contributed by atoms with Crippen molar-refractivity contribution < 1.29 is 13.6 Å². The van der Waals surface area contributed by atoms with Crippen LogP contribution >= 0.6 is 18.2 Å². The fourth-order valence-electron chi connectivity index (χ4n) is 1.87. The van der Waals surface area contributed by atoms with Crippen molar-refractivity contribution in [2.75, 3.05) is 13.2 Å². The van der Waals surface area contributed by atoms with Crippen molar-refractivity contribution in [1.29, 1.82) is 0 Å². The molecule has 0 saturated carbocycles. The molecular formula is C16H19O3PS. The van der Waals surface area contributed by atoms with Crippen molar-refractivity contribution in [3.05, 3.63) is 54.6 Å². The highest BCUT2D eigenvalue weighted by Gasteiger charge is 2.25. The molecule has 0 amide bonds. The predicted octanol–water partition coefficient (Wildman–Crippen LogP) is 5.63. The van der Waals surface area contributed by atoms with Gasteiger partial charge in [-0.25, -0.2) is 4.57 Å². The third kappa shape index (κ3) is 4.72. The van der Waals surface area contributed by atoms with Crippen LogP contribution in [0.15, 0.2) is 59.5 Å². The average molecular weight is 322 g/mol. The Labute approximate surface area is 130 Å². The van der Waals surface area contributed by atoms with Crippen LogP contribution in [0.2, 0.25) is 0 Å². The maximum Gasteiger partial charge on any atom is 0.393 e. The van der Waals surface area contributed by atoms with Crippen LogP contribution in [-0.2, 0) is 13.6 Å². The van der Waals surface area contributed by atoms with Crippen LogP contribution in [0, 0.1) is 0 Å². The Morgan fingerprint density at radius 3 is 1.90 bits per heavy atom. The highest BCUT2D eigenvalue weighted by atomic mass is 32.7. The van der Waals surface area contributed by atoms with Crippen molar-refractivity contribution in [1.82, 2.24) is 0 Å². The van der Waals surface area contributed by atoms with Crippen LogP contribution in [0.5, 0.6) is 0 Å². The van der Waals surface area contributed by atoms with Crippen molar-refractivity contribution in [3.63, 3.8) is 0 Å². The molecular weight excluding hydrogens is 303 g/mol. The van der Waals surface area contributed by atoms with E-state index in [-0.39, 0.29) is 0 Å². The van der Waals surface area contributed by atoms with Crippen molar-refractivity contribution in [2.45, 2.75) is 18.7 Å². The maximum atomic E-state index is 12.5. The largest absolute Gasteiger partial charge is 0.393 e. The van der Waals surface area contributed by atoms with Gasteiger partial charge >= 0.3 is 6.80 Å². The lowest BCUT2D eigenvalue weighted by molar-refractivity contribution is 0.237. The zero-order valence-corrected chi connectivity index (χ0v) is 13.9. The van der Waals surface area contributed by atoms with Crippen LogP contribution < -0.4 is 0 Å². The fraction of sp³-hybridized carbons (Fsp3) is 0.250. The monoisotopic (exact) mass is 322 g/mol. The molecule has 3 nitrogen and oxygen atoms in total. The molecule has 21 heavy (non-hydrogen) atoms. The second-order valence-corrected chi connectivity index (χ2v) is 8.22. The third-order valence-electron chi connectivity index (χ3n) is 2.75. The molecule has 0 aliphatic rings. The number of hydrogen-bond acceptors (Lipinski definition) is 4. The number of hydrogen-bond donors (Lipinski definition) is 0. The van der Waals surface area contributed by atoms with Gasteiger partial charge in [0.15, 0.2) is 0 Å². The molecule has 0 saturated heterocycles. The molecule has 0 aromatic heterocycles. The van der Waals surface area contributed by atoms with E-state index in [1.165, 1.54) is 0 Å². The highest BCUT2D eigenvalue weighted by molar-refractivity contribution is 8.55. The first kappa shape index (κ1) is 16.3. The van der Waals surface area contributed by atoms with Gasteiger partial charge in [-0.3, -0.25) is 0 Å². The van der Waals surface area contributed by atoms with Crippen molar-refractivity contribution >= 4 is 18.2 Å². The van der Waals surface area contributed by atoms with Gasteiger partial charge in [0.1, 0.15) is 0 Å². The van der Waals surface area contributed by atoms with E-state index < -0.39 is 6.80 Å². The van der Waals surface area contributed by atoms with E-state index >= 15 is 0 Å². The summed E-state index contributed by atoms with van der Waals surface area (Å²) >= 11 is 1.16. The quantitative estimate of drug-likeness (QED) is 0.619. The zero-order valence-electron chi connectivity index (χ0n) is 12.2. The highest BCUT2D eigenvalue weighted by Crippen LogP contribution is 2.63. The molecule has 0 aliphatic heterocycles. The van der Waals surface area contributed by atoms with Gasteiger partial charge in [0.2, 0.25) is 0 Å². The molecule has 0 unspecified atom stereocenters. The summed E-state index contributed by atoms with van der Waals surface area (Å²) in [5, 5.41) is 0. The summed E-state index contributed by atoms with van der Waals surface area (Å²) in [4.78, 5) is 0.875. The second-order valence-electron chi connectivity index (χ2n) is 4.26. The van der Waals surface area contributed by atoms with Gasteiger partial charge in [0.25, 0.3) is 0 Å². The van der Waals surface area contributed by atoms with Crippen LogP contribution in [0.3, 0.4) is 0 Å². The molecule has 0 spiro atoms. The first-order chi connectivity index (χ1) is 10.2. The molecule has 2 aromatic carbocycles. The Morgan fingerprint density at radius 1 is 0.857 bits per heavy atom. The molecule has 112 valence electrons. The van der Waals surface area contributed by atoms with Crippen LogP contribution in [0.25, 0.3) is 11.1 Å². The topological polar surface area (TPSA) is 35.5 Å². The number of rotatable bonds is 7. The second kappa shape index (κ2) is 7.81. The summed E-state index contributed by atoms with van der Waals surface area (Å²) in [6.45, 7) is 1.24. The van der Waals surface area contributed by atoms with Gasteiger partial charge in [-0.2, -0.15) is 0 Å². The molecule has 0 atom stereocenters. The van der Waals surface area contributed by atoms with Gasteiger partial charge in [0, 0.05) is 4.90 Å². The number of benzene rings is 2. The van der Waals surface area contributed by atoms with Crippen molar-refractivity contribution in [2.24, 2.45) is 0 Å². The smallest absolute Gasteiger partial charge is 0.301 e. The van der Waals surface area contributed by atoms with E-state index in [0.29, 0.717) is 13.2 Å². The van der Waals surface area contributed by atoms with E-state index in [2.05, 4.69) is 12.1 Å². The molecule has 2 aromatic rings. The van der Waals surface area contributed by atoms with Gasteiger partial charge in [-0.1, -0.05) is 42.5 Å². The predicted molar refractivity (Wildman–Crippen MR) is 88.6 cm³/mol. The van der Waals surface area contributed by atoms with E-state index in [9.17, 15) is 4.57 Å². The average Bonchev–Trinajstić information content (AvgIpc) is 2.49. The first-order valence-corrected chi connectivity index (χ1v) is 9.87. The minimum atomic E-state index is -3.11. The summed E-state index contributed by atoms with van der Waals surface area (Å²) in [7, 11) is 0. The van der Waals surface area contributed by atoms with Gasteiger partial charge in [0.05, 0.1) is 13.2 Å². The molecule has 0 bridgehead atoms. The lowest BCUT2D eigenvalue weighted by atomic mass is 10.1. The normalized spacial score (nSPS) is 11.5. The van der Waals surface area contributed by atoms with E-state index in [1.807, 2.05) is 56.3 Å². The molecule has 0 fully saturated rings. The molecule has 0 N–H and O–H groups in total. The summed E-state index contributed by atoms with van der Waals surface area (Å²) in [5.74, 6) is 0. The zero-order chi connectivity index (χ0) is 15.1. The Bertz CT molecular complexity index is 589. The molecule has 0 heterocycles. The Morgan fingerprint density at radius 2 is 1.38 bits per heavy atom. The Balaban J connectivity index is 2.13. The molecule has 0 radical (unpaired) electrons. The van der Waals surface area contributed by atoms with E-state index in [4.69, 9.17) is 9.05 Å². The lowest BCUT2D eigenvalue weighted by Crippen LogP contribution is -1.92. The van der Waals surface area contributed by atoms with Crippen molar-refractivity contribution in [3.8, 4) is 11.1 Å². The van der Waals surface area contributed by atoms with Crippen LogP contribution in [0.1, 0.15) is 13.8 Å². The van der Waals surface area contributed by atoms with Crippen LogP contribution in [0.4, 0.5) is 0 Å².